The molecule has 0 bridgehead atoms. The molecule has 100 valence electrons. The molecule has 1 heterocycles. The van der Waals surface area contributed by atoms with Crippen molar-refractivity contribution < 1.29 is 4.74 Å². The van der Waals surface area contributed by atoms with Crippen LogP contribution in [0.3, 0.4) is 0 Å². The van der Waals surface area contributed by atoms with Crippen molar-refractivity contribution >= 4 is 5.69 Å². The Balaban J connectivity index is 2.04. The van der Waals surface area contributed by atoms with Gasteiger partial charge in [-0.3, -0.25) is 4.98 Å². The number of pyridine rings is 1. The van der Waals surface area contributed by atoms with Gasteiger partial charge in [0, 0.05) is 11.7 Å². The summed E-state index contributed by atoms with van der Waals surface area (Å²) in [6.45, 7) is 2.02. The first-order valence-electron chi connectivity index (χ1n) is 7.07. The fraction of sp³-hybridized carbons (Fsp3) is 0.667. The summed E-state index contributed by atoms with van der Waals surface area (Å²) in [7, 11) is 1.70. The third-order valence-corrected chi connectivity index (χ3v) is 3.69. The molecule has 0 amide bonds. The Morgan fingerprint density at radius 1 is 1.17 bits per heavy atom. The summed E-state index contributed by atoms with van der Waals surface area (Å²) >= 11 is 0. The second-order valence-electron chi connectivity index (χ2n) is 5.21. The van der Waals surface area contributed by atoms with Crippen molar-refractivity contribution in [3.8, 4) is 5.75 Å². The molecule has 1 aliphatic carbocycles. The molecule has 1 aliphatic rings. The molecular formula is C15H24N2O. The van der Waals surface area contributed by atoms with Gasteiger partial charge >= 0.3 is 0 Å². The summed E-state index contributed by atoms with van der Waals surface area (Å²) in [4.78, 5) is 4.27. The number of ether oxygens (including phenoxy) is 1. The molecule has 0 radical (unpaired) electrons. The van der Waals surface area contributed by atoms with E-state index in [0.717, 1.165) is 17.1 Å². The number of anilines is 1. The Labute approximate surface area is 110 Å². The second-order valence-corrected chi connectivity index (χ2v) is 5.21. The van der Waals surface area contributed by atoms with Gasteiger partial charge in [0.2, 0.25) is 0 Å². The summed E-state index contributed by atoms with van der Waals surface area (Å²) in [5.41, 5.74) is 2.12. The highest BCUT2D eigenvalue weighted by molar-refractivity contribution is 5.56. The lowest BCUT2D eigenvalue weighted by atomic mass is 9.96. The SMILES string of the molecule is COc1cnc(C)cc1NC1CCCCCCC1. The Morgan fingerprint density at radius 2 is 1.83 bits per heavy atom. The fourth-order valence-electron chi connectivity index (χ4n) is 2.64. The van der Waals surface area contributed by atoms with Gasteiger partial charge in [0.1, 0.15) is 0 Å². The molecule has 0 atom stereocenters. The van der Waals surface area contributed by atoms with Crippen LogP contribution in [0.15, 0.2) is 12.3 Å². The number of hydrogen-bond acceptors (Lipinski definition) is 3. The summed E-state index contributed by atoms with van der Waals surface area (Å²) < 4.78 is 5.37. The smallest absolute Gasteiger partial charge is 0.160 e. The number of nitrogens with one attached hydrogen (secondary N) is 1. The van der Waals surface area contributed by atoms with Crippen LogP contribution in [-0.4, -0.2) is 18.1 Å². The third-order valence-electron chi connectivity index (χ3n) is 3.69. The number of methoxy groups -OCH3 is 1. The number of aromatic nitrogens is 1. The molecule has 3 nitrogen and oxygen atoms in total. The maximum atomic E-state index is 5.37. The van der Waals surface area contributed by atoms with Gasteiger partial charge in [-0.05, 0) is 25.8 Å². The van der Waals surface area contributed by atoms with Crippen molar-refractivity contribution in [2.75, 3.05) is 12.4 Å². The second kappa shape index (κ2) is 6.62. The maximum Gasteiger partial charge on any atom is 0.160 e. The fourth-order valence-corrected chi connectivity index (χ4v) is 2.64. The van der Waals surface area contributed by atoms with Gasteiger partial charge in [-0.15, -0.1) is 0 Å². The number of hydrogen-bond donors (Lipinski definition) is 1. The molecule has 1 fully saturated rings. The number of aryl methyl sites for hydroxylation is 1. The normalized spacial score (nSPS) is 17.9. The molecule has 0 unspecified atom stereocenters. The molecule has 18 heavy (non-hydrogen) atoms. The van der Waals surface area contributed by atoms with E-state index in [-0.39, 0.29) is 0 Å². The molecule has 0 aromatic carbocycles. The molecule has 1 aromatic rings. The lowest BCUT2D eigenvalue weighted by Crippen LogP contribution is -2.21. The van der Waals surface area contributed by atoms with Crippen LogP contribution in [0.2, 0.25) is 0 Å². The van der Waals surface area contributed by atoms with E-state index < -0.39 is 0 Å². The molecule has 1 saturated carbocycles. The van der Waals surface area contributed by atoms with Crippen molar-refractivity contribution in [1.29, 1.82) is 0 Å². The average molecular weight is 248 g/mol. The predicted octanol–water partition coefficient (Wildman–Crippen LogP) is 3.92. The standard InChI is InChI=1S/C15H24N2O/c1-12-10-14(15(18-2)11-16-12)17-13-8-6-4-3-5-7-9-13/h10-11,13H,3-9H2,1-2H3,(H,16,17). The molecule has 1 aromatic heterocycles. The van der Waals surface area contributed by atoms with Crippen LogP contribution in [0.25, 0.3) is 0 Å². The van der Waals surface area contributed by atoms with Gasteiger partial charge in [-0.25, -0.2) is 0 Å². The van der Waals surface area contributed by atoms with Crippen LogP contribution in [0, 0.1) is 6.92 Å². The largest absolute Gasteiger partial charge is 0.493 e. The van der Waals surface area contributed by atoms with Crippen molar-refractivity contribution in [1.82, 2.24) is 4.98 Å². The van der Waals surface area contributed by atoms with Crippen LogP contribution in [0.1, 0.15) is 50.6 Å². The molecule has 2 rings (SSSR count). The summed E-state index contributed by atoms with van der Waals surface area (Å²) in [6.07, 6.45) is 11.2. The summed E-state index contributed by atoms with van der Waals surface area (Å²) in [5, 5.41) is 3.64. The lowest BCUT2D eigenvalue weighted by molar-refractivity contribution is 0.412. The van der Waals surface area contributed by atoms with Crippen molar-refractivity contribution in [2.45, 2.75) is 57.9 Å². The van der Waals surface area contributed by atoms with Gasteiger partial charge in [0.05, 0.1) is 19.0 Å². The van der Waals surface area contributed by atoms with Crippen LogP contribution < -0.4 is 10.1 Å². The van der Waals surface area contributed by atoms with Crippen LogP contribution in [-0.2, 0) is 0 Å². The zero-order valence-electron chi connectivity index (χ0n) is 11.5. The zero-order valence-corrected chi connectivity index (χ0v) is 11.5. The van der Waals surface area contributed by atoms with E-state index in [1.165, 1.54) is 44.9 Å². The van der Waals surface area contributed by atoms with E-state index in [2.05, 4.69) is 16.4 Å². The quantitative estimate of drug-likeness (QED) is 0.880. The van der Waals surface area contributed by atoms with Crippen LogP contribution in [0.5, 0.6) is 5.75 Å². The highest BCUT2D eigenvalue weighted by Gasteiger charge is 2.13. The van der Waals surface area contributed by atoms with Gasteiger partial charge < -0.3 is 10.1 Å². The first kappa shape index (κ1) is 13.2. The van der Waals surface area contributed by atoms with E-state index >= 15 is 0 Å². The molecule has 0 spiro atoms. The van der Waals surface area contributed by atoms with Gasteiger partial charge in [0.15, 0.2) is 5.75 Å². The third kappa shape index (κ3) is 3.62. The Morgan fingerprint density at radius 3 is 2.50 bits per heavy atom. The monoisotopic (exact) mass is 248 g/mol. The summed E-state index contributed by atoms with van der Waals surface area (Å²) in [5.74, 6) is 0.850. The lowest BCUT2D eigenvalue weighted by Gasteiger charge is -2.23. The highest BCUT2D eigenvalue weighted by atomic mass is 16.5. The minimum Gasteiger partial charge on any atom is -0.493 e. The summed E-state index contributed by atoms with van der Waals surface area (Å²) in [6, 6.07) is 2.67. The van der Waals surface area contributed by atoms with E-state index in [1.54, 1.807) is 13.3 Å². The van der Waals surface area contributed by atoms with Gasteiger partial charge in [0.25, 0.3) is 0 Å². The average Bonchev–Trinajstić information content (AvgIpc) is 2.33. The van der Waals surface area contributed by atoms with Crippen molar-refractivity contribution in [3.63, 3.8) is 0 Å². The Bertz CT molecular complexity index is 371. The predicted molar refractivity (Wildman–Crippen MR) is 75.3 cm³/mol. The molecular weight excluding hydrogens is 224 g/mol. The molecule has 1 N–H and O–H groups in total. The minimum absolute atomic E-state index is 0.584. The van der Waals surface area contributed by atoms with Gasteiger partial charge in [-0.1, -0.05) is 32.1 Å². The molecule has 3 heteroatoms. The van der Waals surface area contributed by atoms with E-state index in [9.17, 15) is 0 Å². The van der Waals surface area contributed by atoms with E-state index in [0.29, 0.717) is 6.04 Å². The Kier molecular flexibility index (Phi) is 4.85. The minimum atomic E-state index is 0.584. The highest BCUT2D eigenvalue weighted by Crippen LogP contribution is 2.27. The maximum absolute atomic E-state index is 5.37. The van der Waals surface area contributed by atoms with Crippen LogP contribution >= 0.6 is 0 Å². The Hall–Kier alpha value is -1.25. The topological polar surface area (TPSA) is 34.1 Å². The van der Waals surface area contributed by atoms with Crippen LogP contribution in [0.4, 0.5) is 5.69 Å². The van der Waals surface area contributed by atoms with Crippen molar-refractivity contribution in [3.05, 3.63) is 18.0 Å². The zero-order chi connectivity index (χ0) is 12.8. The number of nitrogens with zero attached hydrogens (tertiary/aromatic N) is 1. The van der Waals surface area contributed by atoms with E-state index in [4.69, 9.17) is 4.74 Å². The number of rotatable bonds is 3. The molecule has 0 saturated heterocycles. The van der Waals surface area contributed by atoms with Crippen molar-refractivity contribution in [2.24, 2.45) is 0 Å². The van der Waals surface area contributed by atoms with E-state index in [1.807, 2.05) is 6.92 Å². The first-order chi connectivity index (χ1) is 8.79. The first-order valence-corrected chi connectivity index (χ1v) is 7.07. The van der Waals surface area contributed by atoms with Gasteiger partial charge in [-0.2, -0.15) is 0 Å². The molecule has 0 aliphatic heterocycles.